The van der Waals surface area contributed by atoms with Crippen molar-refractivity contribution < 1.29 is 0 Å². The van der Waals surface area contributed by atoms with Gasteiger partial charge < -0.3 is 5.73 Å². The molecule has 0 unspecified atom stereocenters. The number of hydrogen-bond acceptors (Lipinski definition) is 1. The molecule has 0 heterocycles. The number of nitrogens with two attached hydrogens (primary N) is 1. The van der Waals surface area contributed by atoms with Gasteiger partial charge >= 0.3 is 0 Å². The minimum Gasteiger partial charge on any atom is -0.399 e. The minimum atomic E-state index is 0.799. The lowest BCUT2D eigenvalue weighted by atomic mass is 10.2. The topological polar surface area (TPSA) is 26.0 Å². The van der Waals surface area contributed by atoms with Crippen molar-refractivity contribution in [3.63, 3.8) is 0 Å². The van der Waals surface area contributed by atoms with Gasteiger partial charge in [-0.15, -0.1) is 0 Å². The molecule has 0 saturated carbocycles. The Kier molecular flexibility index (Phi) is 4.95. The fourth-order valence-corrected chi connectivity index (χ4v) is 1.01. The van der Waals surface area contributed by atoms with Crippen LogP contribution < -0.4 is 5.73 Å². The molecule has 1 aromatic carbocycles. The number of hydrogen-bond donors (Lipinski definition) is 1. The standard InChI is InChI=1S/C7H8BrN.C2H6/c1-5-2-3-6(9)4-7(5)8;1-2/h2-4H,9H2,1H3;1-2H3. The first-order valence-electron chi connectivity index (χ1n) is 3.72. The summed E-state index contributed by atoms with van der Waals surface area (Å²) in [5.74, 6) is 0. The van der Waals surface area contributed by atoms with Gasteiger partial charge in [0.15, 0.2) is 0 Å². The van der Waals surface area contributed by atoms with E-state index in [4.69, 9.17) is 5.73 Å². The highest BCUT2D eigenvalue weighted by Crippen LogP contribution is 2.17. The second-order valence-electron chi connectivity index (χ2n) is 2.01. The largest absolute Gasteiger partial charge is 0.399 e. The van der Waals surface area contributed by atoms with Crippen LogP contribution in [0.15, 0.2) is 22.7 Å². The Bertz CT molecular complexity index is 221. The summed E-state index contributed by atoms with van der Waals surface area (Å²) in [6, 6.07) is 5.77. The smallest absolute Gasteiger partial charge is 0.0325 e. The van der Waals surface area contributed by atoms with Gasteiger partial charge in [-0.05, 0) is 24.6 Å². The van der Waals surface area contributed by atoms with Crippen LogP contribution in [-0.4, -0.2) is 0 Å². The van der Waals surface area contributed by atoms with Gasteiger partial charge in [0, 0.05) is 10.2 Å². The van der Waals surface area contributed by atoms with Crippen LogP contribution in [0, 0.1) is 6.92 Å². The van der Waals surface area contributed by atoms with Crippen molar-refractivity contribution in [1.29, 1.82) is 0 Å². The molecule has 0 spiro atoms. The second kappa shape index (κ2) is 5.19. The zero-order valence-corrected chi connectivity index (χ0v) is 8.77. The van der Waals surface area contributed by atoms with Gasteiger partial charge in [-0.2, -0.15) is 0 Å². The Morgan fingerprint density at radius 3 is 2.18 bits per heavy atom. The number of benzene rings is 1. The van der Waals surface area contributed by atoms with E-state index in [-0.39, 0.29) is 0 Å². The molecule has 1 rings (SSSR count). The van der Waals surface area contributed by atoms with E-state index in [1.54, 1.807) is 0 Å². The van der Waals surface area contributed by atoms with Crippen LogP contribution in [0.5, 0.6) is 0 Å². The number of halogens is 1. The van der Waals surface area contributed by atoms with Gasteiger partial charge in [0.2, 0.25) is 0 Å². The quantitative estimate of drug-likeness (QED) is 0.661. The van der Waals surface area contributed by atoms with Crippen LogP contribution in [0.4, 0.5) is 5.69 Å². The van der Waals surface area contributed by atoms with Crippen molar-refractivity contribution in [1.82, 2.24) is 0 Å². The maximum Gasteiger partial charge on any atom is 0.0325 e. The third-order valence-corrected chi connectivity index (χ3v) is 2.05. The van der Waals surface area contributed by atoms with Crippen molar-refractivity contribution in [2.75, 3.05) is 5.73 Å². The summed E-state index contributed by atoms with van der Waals surface area (Å²) < 4.78 is 1.07. The molecule has 0 atom stereocenters. The highest BCUT2D eigenvalue weighted by Gasteiger charge is 1.91. The van der Waals surface area contributed by atoms with Crippen molar-refractivity contribution in [2.45, 2.75) is 20.8 Å². The molecule has 2 N–H and O–H groups in total. The minimum absolute atomic E-state index is 0.799. The summed E-state index contributed by atoms with van der Waals surface area (Å²) in [4.78, 5) is 0. The van der Waals surface area contributed by atoms with Crippen LogP contribution in [-0.2, 0) is 0 Å². The van der Waals surface area contributed by atoms with Crippen LogP contribution >= 0.6 is 15.9 Å². The maximum absolute atomic E-state index is 5.50. The van der Waals surface area contributed by atoms with Gasteiger partial charge in [-0.3, -0.25) is 0 Å². The molecular formula is C9H14BrN. The molecule has 1 aromatic rings. The fourth-order valence-electron chi connectivity index (χ4n) is 0.609. The van der Waals surface area contributed by atoms with E-state index in [0.717, 1.165) is 10.2 Å². The SMILES string of the molecule is CC.Cc1ccc(N)cc1Br. The van der Waals surface area contributed by atoms with Crippen LogP contribution in [0.1, 0.15) is 19.4 Å². The molecular weight excluding hydrogens is 202 g/mol. The summed E-state index contributed by atoms with van der Waals surface area (Å²) in [6.45, 7) is 6.03. The molecule has 11 heavy (non-hydrogen) atoms. The van der Waals surface area contributed by atoms with E-state index in [9.17, 15) is 0 Å². The van der Waals surface area contributed by atoms with E-state index >= 15 is 0 Å². The first kappa shape index (κ1) is 10.5. The van der Waals surface area contributed by atoms with Gasteiger partial charge in [0.1, 0.15) is 0 Å². The molecule has 0 aliphatic rings. The lowest BCUT2D eigenvalue weighted by Gasteiger charge is -1.96. The zero-order valence-electron chi connectivity index (χ0n) is 7.19. The number of aryl methyl sites for hydroxylation is 1. The predicted molar refractivity (Wildman–Crippen MR) is 54.6 cm³/mol. The maximum atomic E-state index is 5.50. The van der Waals surface area contributed by atoms with Gasteiger partial charge in [0.05, 0.1) is 0 Å². The highest BCUT2D eigenvalue weighted by molar-refractivity contribution is 9.10. The van der Waals surface area contributed by atoms with Gasteiger partial charge in [0.25, 0.3) is 0 Å². The molecule has 1 nitrogen and oxygen atoms in total. The molecule has 0 saturated heterocycles. The summed E-state index contributed by atoms with van der Waals surface area (Å²) in [5.41, 5.74) is 7.51. The fraction of sp³-hybridized carbons (Fsp3) is 0.333. The number of anilines is 1. The van der Waals surface area contributed by atoms with Crippen molar-refractivity contribution in [3.8, 4) is 0 Å². The lowest BCUT2D eigenvalue weighted by Crippen LogP contribution is -1.84. The number of rotatable bonds is 0. The molecule has 0 radical (unpaired) electrons. The first-order chi connectivity index (χ1) is 5.20. The normalized spacial score (nSPS) is 8.36. The average Bonchev–Trinajstić information content (AvgIpc) is 2.02. The van der Waals surface area contributed by atoms with E-state index in [0.29, 0.717) is 0 Å². The zero-order chi connectivity index (χ0) is 8.85. The Labute approximate surface area is 76.7 Å². The van der Waals surface area contributed by atoms with Crippen LogP contribution in [0.25, 0.3) is 0 Å². The van der Waals surface area contributed by atoms with Crippen LogP contribution in [0.3, 0.4) is 0 Å². The molecule has 0 aliphatic carbocycles. The molecule has 62 valence electrons. The highest BCUT2D eigenvalue weighted by atomic mass is 79.9. The third kappa shape index (κ3) is 3.42. The summed E-state index contributed by atoms with van der Waals surface area (Å²) in [5, 5.41) is 0. The van der Waals surface area contributed by atoms with E-state index in [1.165, 1.54) is 5.56 Å². The summed E-state index contributed by atoms with van der Waals surface area (Å²) in [7, 11) is 0. The van der Waals surface area contributed by atoms with Crippen molar-refractivity contribution in [2.24, 2.45) is 0 Å². The molecule has 0 bridgehead atoms. The van der Waals surface area contributed by atoms with Crippen molar-refractivity contribution in [3.05, 3.63) is 28.2 Å². The molecule has 0 aliphatic heterocycles. The second-order valence-corrected chi connectivity index (χ2v) is 2.86. The summed E-state index contributed by atoms with van der Waals surface area (Å²) in [6.07, 6.45) is 0. The van der Waals surface area contributed by atoms with Crippen LogP contribution in [0.2, 0.25) is 0 Å². The molecule has 0 amide bonds. The lowest BCUT2D eigenvalue weighted by molar-refractivity contribution is 1.43. The Balaban J connectivity index is 0.000000461. The van der Waals surface area contributed by atoms with E-state index < -0.39 is 0 Å². The van der Waals surface area contributed by atoms with Crippen molar-refractivity contribution >= 4 is 21.6 Å². The Morgan fingerprint density at radius 2 is 1.82 bits per heavy atom. The third-order valence-electron chi connectivity index (χ3n) is 1.20. The molecule has 2 heteroatoms. The first-order valence-corrected chi connectivity index (χ1v) is 4.51. The Hall–Kier alpha value is -0.500. The van der Waals surface area contributed by atoms with E-state index in [2.05, 4.69) is 15.9 Å². The average molecular weight is 216 g/mol. The molecule has 0 fully saturated rings. The monoisotopic (exact) mass is 215 g/mol. The molecule has 0 aromatic heterocycles. The summed E-state index contributed by atoms with van der Waals surface area (Å²) >= 11 is 3.37. The Morgan fingerprint density at radius 1 is 1.27 bits per heavy atom. The van der Waals surface area contributed by atoms with Gasteiger partial charge in [-0.25, -0.2) is 0 Å². The number of nitrogen functional groups attached to an aromatic ring is 1. The van der Waals surface area contributed by atoms with Gasteiger partial charge in [-0.1, -0.05) is 35.8 Å². The predicted octanol–water partition coefficient (Wildman–Crippen LogP) is 3.37. The van der Waals surface area contributed by atoms with E-state index in [1.807, 2.05) is 39.0 Å².